The minimum Gasteiger partial charge on any atom is -0.480 e. The fraction of sp³-hybridized carbons (Fsp3) is 0.214. The molecule has 0 aliphatic rings. The van der Waals surface area contributed by atoms with Gasteiger partial charge in [0.15, 0.2) is 0 Å². The second-order valence-electron chi connectivity index (χ2n) is 4.36. The zero-order chi connectivity index (χ0) is 15.5. The van der Waals surface area contributed by atoms with Crippen molar-refractivity contribution in [1.29, 1.82) is 0 Å². The molecule has 1 aromatic heterocycles. The average Bonchev–Trinajstić information content (AvgIpc) is 2.99. The molecular formula is C14H15NO4S2. The quantitative estimate of drug-likeness (QED) is 0.886. The predicted molar refractivity (Wildman–Crippen MR) is 82.3 cm³/mol. The Labute approximate surface area is 127 Å². The number of hydrogen-bond acceptors (Lipinski definition) is 4. The van der Waals surface area contributed by atoms with E-state index in [2.05, 4.69) is 0 Å². The molecule has 2 rings (SSSR count). The first-order chi connectivity index (χ1) is 9.95. The predicted octanol–water partition coefficient (Wildman–Crippen LogP) is 2.59. The van der Waals surface area contributed by atoms with Gasteiger partial charge >= 0.3 is 5.97 Å². The molecule has 0 radical (unpaired) electrons. The summed E-state index contributed by atoms with van der Waals surface area (Å²) in [7, 11) is -3.85. The summed E-state index contributed by atoms with van der Waals surface area (Å²) >= 11 is 1.07. The van der Waals surface area contributed by atoms with Crippen LogP contribution < -0.4 is 4.31 Å². The maximum atomic E-state index is 12.6. The van der Waals surface area contributed by atoms with Crippen molar-refractivity contribution in [2.24, 2.45) is 0 Å². The van der Waals surface area contributed by atoms with Crippen LogP contribution in [0.4, 0.5) is 5.69 Å². The van der Waals surface area contributed by atoms with Crippen molar-refractivity contribution >= 4 is 33.0 Å². The van der Waals surface area contributed by atoms with Crippen molar-refractivity contribution in [1.82, 2.24) is 0 Å². The highest BCUT2D eigenvalue weighted by atomic mass is 32.2. The average molecular weight is 325 g/mol. The van der Waals surface area contributed by atoms with Gasteiger partial charge in [-0.1, -0.05) is 25.1 Å². The molecule has 5 nitrogen and oxygen atoms in total. The van der Waals surface area contributed by atoms with Crippen LogP contribution in [0.1, 0.15) is 12.5 Å². The van der Waals surface area contributed by atoms with Crippen LogP contribution in [0.25, 0.3) is 0 Å². The van der Waals surface area contributed by atoms with E-state index >= 15 is 0 Å². The number of thiophene rings is 1. The maximum Gasteiger partial charge on any atom is 0.324 e. The van der Waals surface area contributed by atoms with Crippen molar-refractivity contribution in [2.75, 3.05) is 10.8 Å². The van der Waals surface area contributed by atoms with Crippen LogP contribution >= 0.6 is 11.3 Å². The standard InChI is InChI=1S/C14H15NO4S2/c1-2-11-5-7-12(8-6-11)15(10-13(16)17)21(18,19)14-4-3-9-20-14/h3-9H,2,10H2,1H3,(H,16,17). The third-order valence-electron chi connectivity index (χ3n) is 2.95. The summed E-state index contributed by atoms with van der Waals surface area (Å²) in [5.74, 6) is -1.20. The van der Waals surface area contributed by atoms with Gasteiger partial charge in [0, 0.05) is 0 Å². The molecule has 21 heavy (non-hydrogen) atoms. The molecule has 7 heteroatoms. The third-order valence-corrected chi connectivity index (χ3v) is 6.10. The molecule has 0 saturated heterocycles. The number of carboxylic acids is 1. The van der Waals surface area contributed by atoms with Crippen molar-refractivity contribution in [3.05, 3.63) is 47.3 Å². The summed E-state index contributed by atoms with van der Waals surface area (Å²) in [6.45, 7) is 1.39. The largest absolute Gasteiger partial charge is 0.480 e. The zero-order valence-electron chi connectivity index (χ0n) is 11.4. The molecule has 0 aliphatic carbocycles. The summed E-state index contributed by atoms with van der Waals surface area (Å²) in [5, 5.41) is 10.6. The Bertz CT molecular complexity index is 706. The number of aryl methyl sites for hydroxylation is 1. The SMILES string of the molecule is CCc1ccc(N(CC(=O)O)S(=O)(=O)c2cccs2)cc1. The van der Waals surface area contributed by atoms with E-state index in [4.69, 9.17) is 5.11 Å². The van der Waals surface area contributed by atoms with Crippen LogP contribution in [0.15, 0.2) is 46.0 Å². The Morgan fingerprint density at radius 2 is 1.90 bits per heavy atom. The molecule has 0 aliphatic heterocycles. The van der Waals surface area contributed by atoms with Crippen LogP contribution in [-0.4, -0.2) is 26.0 Å². The van der Waals surface area contributed by atoms with Gasteiger partial charge in [0.2, 0.25) is 0 Å². The highest BCUT2D eigenvalue weighted by Crippen LogP contribution is 2.26. The van der Waals surface area contributed by atoms with Crippen LogP contribution in [0.3, 0.4) is 0 Å². The summed E-state index contributed by atoms with van der Waals surface area (Å²) < 4.78 is 26.2. The van der Waals surface area contributed by atoms with Crippen molar-refractivity contribution in [3.63, 3.8) is 0 Å². The molecular weight excluding hydrogens is 310 g/mol. The van der Waals surface area contributed by atoms with Gasteiger partial charge in [0.25, 0.3) is 10.0 Å². The minimum absolute atomic E-state index is 0.128. The van der Waals surface area contributed by atoms with Crippen LogP contribution in [0.5, 0.6) is 0 Å². The molecule has 0 fully saturated rings. The Morgan fingerprint density at radius 1 is 1.24 bits per heavy atom. The molecule has 1 heterocycles. The fourth-order valence-electron chi connectivity index (χ4n) is 1.85. The first kappa shape index (κ1) is 15.5. The van der Waals surface area contributed by atoms with Crippen molar-refractivity contribution in [3.8, 4) is 0 Å². The molecule has 0 atom stereocenters. The molecule has 2 aromatic rings. The summed E-state index contributed by atoms with van der Waals surface area (Å²) in [5.41, 5.74) is 1.41. The number of hydrogen-bond donors (Lipinski definition) is 1. The van der Waals surface area contributed by atoms with Gasteiger partial charge in [-0.05, 0) is 35.6 Å². The van der Waals surface area contributed by atoms with Crippen molar-refractivity contribution < 1.29 is 18.3 Å². The van der Waals surface area contributed by atoms with Gasteiger partial charge < -0.3 is 5.11 Å². The van der Waals surface area contributed by atoms with Crippen LogP contribution in [-0.2, 0) is 21.2 Å². The van der Waals surface area contributed by atoms with Crippen molar-refractivity contribution in [2.45, 2.75) is 17.6 Å². The highest BCUT2D eigenvalue weighted by Gasteiger charge is 2.27. The smallest absolute Gasteiger partial charge is 0.324 e. The number of rotatable bonds is 6. The van der Waals surface area contributed by atoms with E-state index in [1.165, 1.54) is 6.07 Å². The van der Waals surface area contributed by atoms with Gasteiger partial charge in [-0.2, -0.15) is 0 Å². The van der Waals surface area contributed by atoms with Gasteiger partial charge in [-0.25, -0.2) is 8.42 Å². The van der Waals surface area contributed by atoms with Gasteiger partial charge in [-0.15, -0.1) is 11.3 Å². The number of sulfonamides is 1. The van der Waals surface area contributed by atoms with E-state index in [0.717, 1.165) is 27.6 Å². The summed E-state index contributed by atoms with van der Waals surface area (Å²) in [6, 6.07) is 9.95. The highest BCUT2D eigenvalue weighted by molar-refractivity contribution is 7.94. The molecule has 112 valence electrons. The Kier molecular flexibility index (Phi) is 4.64. The first-order valence-electron chi connectivity index (χ1n) is 6.32. The van der Waals surface area contributed by atoms with E-state index < -0.39 is 22.5 Å². The number of carbonyl (C=O) groups is 1. The van der Waals surface area contributed by atoms with Gasteiger partial charge in [-0.3, -0.25) is 9.10 Å². The first-order valence-corrected chi connectivity index (χ1v) is 8.64. The Balaban J connectivity index is 2.45. The number of aliphatic carboxylic acids is 1. The van der Waals surface area contributed by atoms with E-state index in [-0.39, 0.29) is 4.21 Å². The minimum atomic E-state index is -3.85. The normalized spacial score (nSPS) is 11.3. The van der Waals surface area contributed by atoms with Gasteiger partial charge in [0.1, 0.15) is 10.8 Å². The second kappa shape index (κ2) is 6.28. The summed E-state index contributed by atoms with van der Waals surface area (Å²) in [6.07, 6.45) is 0.830. The lowest BCUT2D eigenvalue weighted by molar-refractivity contribution is -0.135. The Hall–Kier alpha value is -1.86. The van der Waals surface area contributed by atoms with Gasteiger partial charge in [0.05, 0.1) is 5.69 Å². The molecule has 1 aromatic carbocycles. The lowest BCUT2D eigenvalue weighted by Crippen LogP contribution is -2.35. The van der Waals surface area contributed by atoms with Crippen LogP contribution in [0.2, 0.25) is 0 Å². The summed E-state index contributed by atoms with van der Waals surface area (Å²) in [4.78, 5) is 11.0. The maximum absolute atomic E-state index is 12.6. The number of benzene rings is 1. The topological polar surface area (TPSA) is 74.7 Å². The monoisotopic (exact) mass is 325 g/mol. The third kappa shape index (κ3) is 3.43. The molecule has 0 bridgehead atoms. The molecule has 0 spiro atoms. The van der Waals surface area contributed by atoms with E-state index in [9.17, 15) is 13.2 Å². The number of nitrogens with zero attached hydrogens (tertiary/aromatic N) is 1. The Morgan fingerprint density at radius 3 is 2.38 bits per heavy atom. The van der Waals surface area contributed by atoms with E-state index in [1.54, 1.807) is 35.7 Å². The second-order valence-corrected chi connectivity index (χ2v) is 7.39. The lowest BCUT2D eigenvalue weighted by atomic mass is 10.1. The molecule has 0 saturated carbocycles. The number of carboxylic acid groups (broad SMARTS) is 1. The molecule has 1 N–H and O–H groups in total. The van der Waals surface area contributed by atoms with E-state index in [0.29, 0.717) is 5.69 Å². The lowest BCUT2D eigenvalue weighted by Gasteiger charge is -2.22. The molecule has 0 amide bonds. The fourth-order valence-corrected chi connectivity index (χ4v) is 4.37. The zero-order valence-corrected chi connectivity index (χ0v) is 13.0. The van der Waals surface area contributed by atoms with E-state index in [1.807, 2.05) is 6.92 Å². The van der Waals surface area contributed by atoms with Crippen LogP contribution in [0, 0.1) is 0 Å². The molecule has 0 unspecified atom stereocenters. The number of anilines is 1.